The first-order valence-corrected chi connectivity index (χ1v) is 7.80. The molecule has 0 aromatic carbocycles. The summed E-state index contributed by atoms with van der Waals surface area (Å²) in [6.45, 7) is 2.13. The van der Waals surface area contributed by atoms with E-state index in [1.807, 2.05) is 0 Å². The van der Waals surface area contributed by atoms with Crippen LogP contribution < -0.4 is 10.2 Å². The van der Waals surface area contributed by atoms with Crippen molar-refractivity contribution >= 4 is 29.0 Å². The van der Waals surface area contributed by atoms with Gasteiger partial charge < -0.3 is 10.2 Å². The minimum Gasteiger partial charge on any atom is -0.351 e. The van der Waals surface area contributed by atoms with Crippen LogP contribution >= 0.6 is 23.2 Å². The van der Waals surface area contributed by atoms with E-state index in [1.54, 1.807) is 12.3 Å². The summed E-state index contributed by atoms with van der Waals surface area (Å²) in [5.41, 5.74) is 0. The molecule has 2 heterocycles. The van der Waals surface area contributed by atoms with Crippen LogP contribution in [0.2, 0.25) is 10.0 Å². The van der Waals surface area contributed by atoms with Crippen molar-refractivity contribution < 1.29 is 0 Å². The summed E-state index contributed by atoms with van der Waals surface area (Å²) in [5, 5.41) is 4.85. The molecule has 3 rings (SSSR count). The van der Waals surface area contributed by atoms with Crippen molar-refractivity contribution in [3.8, 4) is 0 Å². The third-order valence-corrected chi connectivity index (χ3v) is 4.36. The van der Waals surface area contributed by atoms with Crippen molar-refractivity contribution in [1.29, 1.82) is 0 Å². The second kappa shape index (κ2) is 5.86. The van der Waals surface area contributed by atoms with Crippen LogP contribution in [0.25, 0.3) is 0 Å². The molecule has 1 N–H and O–H groups in total. The van der Waals surface area contributed by atoms with Gasteiger partial charge in [0.15, 0.2) is 0 Å². The number of piperidine rings is 1. The zero-order valence-corrected chi connectivity index (χ0v) is 12.4. The molecule has 0 radical (unpaired) electrons. The molecule has 2 fully saturated rings. The van der Waals surface area contributed by atoms with Crippen LogP contribution in [0, 0.1) is 0 Å². The summed E-state index contributed by atoms with van der Waals surface area (Å²) in [7, 11) is 0. The maximum absolute atomic E-state index is 6.30. The molecule has 1 saturated carbocycles. The average molecular weight is 300 g/mol. The molecule has 3 nitrogen and oxygen atoms in total. The Kier molecular flexibility index (Phi) is 4.15. The van der Waals surface area contributed by atoms with Crippen LogP contribution in [-0.4, -0.2) is 30.2 Å². The smallest absolute Gasteiger partial charge is 0.147 e. The maximum atomic E-state index is 6.30. The number of nitrogens with zero attached hydrogens (tertiary/aromatic N) is 2. The van der Waals surface area contributed by atoms with Crippen LogP contribution in [0.3, 0.4) is 0 Å². The highest BCUT2D eigenvalue weighted by Gasteiger charge is 2.33. The monoisotopic (exact) mass is 299 g/mol. The Morgan fingerprint density at radius 1 is 1.26 bits per heavy atom. The van der Waals surface area contributed by atoms with E-state index >= 15 is 0 Å². The van der Waals surface area contributed by atoms with Gasteiger partial charge in [-0.05, 0) is 38.3 Å². The van der Waals surface area contributed by atoms with Crippen molar-refractivity contribution in [1.82, 2.24) is 10.3 Å². The van der Waals surface area contributed by atoms with Gasteiger partial charge in [0.1, 0.15) is 5.82 Å². The Bertz CT molecular complexity index is 442. The molecule has 1 atom stereocenters. The highest BCUT2D eigenvalue weighted by molar-refractivity contribution is 6.36. The second-order valence-electron chi connectivity index (χ2n) is 5.49. The van der Waals surface area contributed by atoms with E-state index in [4.69, 9.17) is 23.2 Å². The Morgan fingerprint density at radius 3 is 2.74 bits per heavy atom. The van der Waals surface area contributed by atoms with Gasteiger partial charge in [-0.1, -0.05) is 29.6 Å². The third kappa shape index (κ3) is 3.33. The Hall–Kier alpha value is -0.510. The molecule has 104 valence electrons. The van der Waals surface area contributed by atoms with Crippen molar-refractivity contribution in [3.05, 3.63) is 22.3 Å². The van der Waals surface area contributed by atoms with Crippen LogP contribution in [0.1, 0.15) is 32.1 Å². The van der Waals surface area contributed by atoms with E-state index in [0.717, 1.165) is 18.9 Å². The summed E-state index contributed by atoms with van der Waals surface area (Å²) in [4.78, 5) is 6.80. The van der Waals surface area contributed by atoms with Crippen LogP contribution in [-0.2, 0) is 0 Å². The predicted molar refractivity (Wildman–Crippen MR) is 80.3 cm³/mol. The summed E-state index contributed by atoms with van der Waals surface area (Å²) < 4.78 is 0. The average Bonchev–Trinajstić information content (AvgIpc) is 3.22. The van der Waals surface area contributed by atoms with Crippen molar-refractivity contribution in [2.45, 2.75) is 44.2 Å². The number of halogens is 2. The van der Waals surface area contributed by atoms with E-state index in [2.05, 4.69) is 15.2 Å². The highest BCUT2D eigenvalue weighted by Crippen LogP contribution is 2.35. The van der Waals surface area contributed by atoms with Gasteiger partial charge >= 0.3 is 0 Å². The first kappa shape index (κ1) is 13.5. The zero-order chi connectivity index (χ0) is 13.2. The summed E-state index contributed by atoms with van der Waals surface area (Å²) in [6, 6.07) is 2.95. The highest BCUT2D eigenvalue weighted by atomic mass is 35.5. The lowest BCUT2D eigenvalue weighted by molar-refractivity contribution is 0.398. The van der Waals surface area contributed by atoms with Gasteiger partial charge in [0.2, 0.25) is 0 Å². The molecule has 1 aromatic heterocycles. The first-order valence-electron chi connectivity index (χ1n) is 7.05. The van der Waals surface area contributed by atoms with E-state index in [9.17, 15) is 0 Å². The third-order valence-electron chi connectivity index (χ3n) is 3.88. The molecular weight excluding hydrogens is 281 g/mol. The second-order valence-corrected chi connectivity index (χ2v) is 6.33. The largest absolute Gasteiger partial charge is 0.351 e. The molecule has 0 spiro atoms. The molecule has 0 amide bonds. The van der Waals surface area contributed by atoms with E-state index < -0.39 is 0 Å². The van der Waals surface area contributed by atoms with Gasteiger partial charge in [-0.3, -0.25) is 0 Å². The number of pyridine rings is 1. The van der Waals surface area contributed by atoms with Gasteiger partial charge in [0.25, 0.3) is 0 Å². The number of hydrogen-bond donors (Lipinski definition) is 1. The minimum atomic E-state index is 0.558. The van der Waals surface area contributed by atoms with E-state index in [0.29, 0.717) is 22.1 Å². The molecule has 1 aliphatic heterocycles. The summed E-state index contributed by atoms with van der Waals surface area (Å²) in [5.74, 6) is 0.890. The van der Waals surface area contributed by atoms with Crippen molar-refractivity contribution in [2.75, 3.05) is 18.0 Å². The lowest BCUT2D eigenvalue weighted by Crippen LogP contribution is -2.45. The Labute approximate surface area is 124 Å². The molecule has 5 heteroatoms. The van der Waals surface area contributed by atoms with Gasteiger partial charge in [-0.25, -0.2) is 4.98 Å². The lowest BCUT2D eigenvalue weighted by Gasteiger charge is -2.32. The molecule has 1 saturated heterocycles. The quantitative estimate of drug-likeness (QED) is 0.922. The minimum absolute atomic E-state index is 0.558. The number of aromatic nitrogens is 1. The van der Waals surface area contributed by atoms with Crippen LogP contribution in [0.15, 0.2) is 12.3 Å². The SMILES string of the molecule is Clc1cnc(N(CC2CCCCN2)C2CC2)c(Cl)c1. The van der Waals surface area contributed by atoms with Crippen LogP contribution in [0.4, 0.5) is 5.82 Å². The predicted octanol–water partition coefficient (Wildman–Crippen LogP) is 3.50. The molecular formula is C14H19Cl2N3. The standard InChI is InChI=1S/C14H19Cl2N3/c15-10-7-13(16)14(18-8-10)19(12-4-5-12)9-11-3-1-2-6-17-11/h7-8,11-12,17H,1-6,9H2. The van der Waals surface area contributed by atoms with Gasteiger partial charge in [-0.15, -0.1) is 0 Å². The molecule has 2 aliphatic rings. The fourth-order valence-corrected chi connectivity index (χ4v) is 3.22. The fourth-order valence-electron chi connectivity index (χ4n) is 2.73. The molecule has 1 unspecified atom stereocenters. The number of anilines is 1. The first-order chi connectivity index (χ1) is 9.24. The maximum Gasteiger partial charge on any atom is 0.147 e. The van der Waals surface area contributed by atoms with Gasteiger partial charge in [0, 0.05) is 24.8 Å². The normalized spacial score (nSPS) is 23.4. The number of hydrogen-bond acceptors (Lipinski definition) is 3. The topological polar surface area (TPSA) is 28.2 Å². The molecule has 1 aromatic rings. The molecule has 1 aliphatic carbocycles. The number of nitrogens with one attached hydrogen (secondary N) is 1. The zero-order valence-electron chi connectivity index (χ0n) is 10.9. The lowest BCUT2D eigenvalue weighted by atomic mass is 10.0. The molecule has 0 bridgehead atoms. The van der Waals surface area contributed by atoms with Crippen LogP contribution in [0.5, 0.6) is 0 Å². The molecule has 19 heavy (non-hydrogen) atoms. The van der Waals surface area contributed by atoms with E-state index in [-0.39, 0.29) is 0 Å². The Morgan fingerprint density at radius 2 is 2.11 bits per heavy atom. The number of rotatable bonds is 4. The van der Waals surface area contributed by atoms with Crippen molar-refractivity contribution in [3.63, 3.8) is 0 Å². The summed E-state index contributed by atoms with van der Waals surface area (Å²) in [6.07, 6.45) is 8.03. The van der Waals surface area contributed by atoms with Crippen molar-refractivity contribution in [2.24, 2.45) is 0 Å². The summed E-state index contributed by atoms with van der Waals surface area (Å²) >= 11 is 12.2. The Balaban J connectivity index is 1.76. The fraction of sp³-hybridized carbons (Fsp3) is 0.643. The van der Waals surface area contributed by atoms with Gasteiger partial charge in [-0.2, -0.15) is 0 Å². The van der Waals surface area contributed by atoms with E-state index in [1.165, 1.54) is 32.1 Å². The van der Waals surface area contributed by atoms with Gasteiger partial charge in [0.05, 0.1) is 10.0 Å².